The molecule has 0 radical (unpaired) electrons. The third-order valence-electron chi connectivity index (χ3n) is 4.35. The molecule has 0 aliphatic carbocycles. The van der Waals surface area contributed by atoms with E-state index in [2.05, 4.69) is 10.6 Å². The van der Waals surface area contributed by atoms with Gasteiger partial charge < -0.3 is 20.3 Å². The van der Waals surface area contributed by atoms with Crippen molar-refractivity contribution < 1.29 is 14.7 Å². The van der Waals surface area contributed by atoms with Crippen LogP contribution in [0.3, 0.4) is 0 Å². The monoisotopic (exact) mass is 390 g/mol. The first-order valence-corrected chi connectivity index (χ1v) is 9.01. The summed E-state index contributed by atoms with van der Waals surface area (Å²) in [6, 6.07) is 5.44. The molecule has 0 aromatic heterocycles. The first-order chi connectivity index (χ1) is 13.4. The molecule has 0 unspecified atom stereocenters. The van der Waals surface area contributed by atoms with Crippen molar-refractivity contribution in [3.05, 3.63) is 38.6 Å². The van der Waals surface area contributed by atoms with Gasteiger partial charge in [-0.3, -0.25) is 19.6 Å². The van der Waals surface area contributed by atoms with E-state index in [4.69, 9.17) is 9.94 Å². The predicted molar refractivity (Wildman–Crippen MR) is 109 cm³/mol. The SMILES string of the molecule is COc1cc(Nc2c(NCCCCCC(=O)NO)c(=O)c2=O)ccc1N(C)C. The maximum Gasteiger partial charge on any atom is 0.253 e. The highest BCUT2D eigenvalue weighted by Gasteiger charge is 2.21. The highest BCUT2D eigenvalue weighted by molar-refractivity contribution is 5.80. The van der Waals surface area contributed by atoms with Gasteiger partial charge in [-0.2, -0.15) is 0 Å². The number of benzene rings is 1. The Morgan fingerprint density at radius 1 is 1.11 bits per heavy atom. The zero-order chi connectivity index (χ0) is 20.7. The third kappa shape index (κ3) is 5.01. The number of hydrogen-bond acceptors (Lipinski definition) is 8. The summed E-state index contributed by atoms with van der Waals surface area (Å²) in [6.07, 6.45) is 2.35. The Morgan fingerprint density at radius 3 is 2.46 bits per heavy atom. The minimum atomic E-state index is -0.558. The van der Waals surface area contributed by atoms with Gasteiger partial charge in [0.15, 0.2) is 0 Å². The fraction of sp³-hybridized carbons (Fsp3) is 0.421. The summed E-state index contributed by atoms with van der Waals surface area (Å²) in [7, 11) is 5.38. The standard InChI is InChI=1S/C19H26N4O5/c1-23(2)13-9-8-12(11-14(13)28-3)21-17-16(18(25)19(17)26)20-10-6-4-5-7-15(24)22-27/h8-9,11,20-21,27H,4-7,10H2,1-3H3,(H,22,24). The van der Waals surface area contributed by atoms with Crippen LogP contribution in [0.25, 0.3) is 0 Å². The molecule has 0 saturated heterocycles. The van der Waals surface area contributed by atoms with Gasteiger partial charge in [0.25, 0.3) is 10.9 Å². The van der Waals surface area contributed by atoms with Gasteiger partial charge in [0.05, 0.1) is 12.8 Å². The molecule has 0 aliphatic rings. The van der Waals surface area contributed by atoms with E-state index in [9.17, 15) is 14.4 Å². The Bertz CT molecular complexity index is 887. The average Bonchev–Trinajstić information content (AvgIpc) is 2.70. The van der Waals surface area contributed by atoms with Crippen molar-refractivity contribution in [3.63, 3.8) is 0 Å². The molecule has 0 spiro atoms. The van der Waals surface area contributed by atoms with Gasteiger partial charge in [-0.15, -0.1) is 0 Å². The number of nitrogens with zero attached hydrogens (tertiary/aromatic N) is 1. The molecule has 2 aromatic rings. The minimum Gasteiger partial charge on any atom is -0.495 e. The number of hydrogen-bond donors (Lipinski definition) is 4. The zero-order valence-electron chi connectivity index (χ0n) is 16.3. The Kier molecular flexibility index (Phi) is 7.39. The predicted octanol–water partition coefficient (Wildman–Crippen LogP) is 1.58. The van der Waals surface area contributed by atoms with Crippen LogP contribution in [-0.2, 0) is 4.79 Å². The second kappa shape index (κ2) is 9.75. The van der Waals surface area contributed by atoms with E-state index in [0.717, 1.165) is 18.5 Å². The molecule has 152 valence electrons. The minimum absolute atomic E-state index is 0.240. The maximum absolute atomic E-state index is 11.9. The molecule has 28 heavy (non-hydrogen) atoms. The highest BCUT2D eigenvalue weighted by atomic mass is 16.5. The van der Waals surface area contributed by atoms with Gasteiger partial charge in [-0.25, -0.2) is 5.48 Å². The molecule has 0 saturated carbocycles. The number of amides is 1. The lowest BCUT2D eigenvalue weighted by atomic mass is 10.1. The molecular formula is C19H26N4O5. The number of rotatable bonds is 11. The first-order valence-electron chi connectivity index (χ1n) is 9.01. The van der Waals surface area contributed by atoms with Crippen LogP contribution in [0.5, 0.6) is 5.75 Å². The molecule has 1 amide bonds. The Labute approximate surface area is 163 Å². The summed E-state index contributed by atoms with van der Waals surface area (Å²) in [4.78, 5) is 36.6. The second-order valence-electron chi connectivity index (χ2n) is 6.59. The van der Waals surface area contributed by atoms with E-state index in [0.29, 0.717) is 24.4 Å². The summed E-state index contributed by atoms with van der Waals surface area (Å²) < 4.78 is 5.37. The summed E-state index contributed by atoms with van der Waals surface area (Å²) in [5.41, 5.74) is 2.54. The van der Waals surface area contributed by atoms with Crippen molar-refractivity contribution in [2.24, 2.45) is 0 Å². The van der Waals surface area contributed by atoms with E-state index in [1.54, 1.807) is 18.7 Å². The molecular weight excluding hydrogens is 364 g/mol. The largest absolute Gasteiger partial charge is 0.495 e. The highest BCUT2D eigenvalue weighted by Crippen LogP contribution is 2.31. The number of carbonyl (C=O) groups is 1. The number of anilines is 4. The number of carbonyl (C=O) groups excluding carboxylic acids is 1. The van der Waals surface area contributed by atoms with Gasteiger partial charge in [-0.1, -0.05) is 6.42 Å². The molecule has 9 nitrogen and oxygen atoms in total. The van der Waals surface area contributed by atoms with Crippen LogP contribution < -0.4 is 36.6 Å². The van der Waals surface area contributed by atoms with Gasteiger partial charge in [0.2, 0.25) is 5.91 Å². The lowest BCUT2D eigenvalue weighted by molar-refractivity contribution is -0.129. The number of methoxy groups -OCH3 is 1. The van der Waals surface area contributed by atoms with Crippen molar-refractivity contribution in [2.45, 2.75) is 25.7 Å². The van der Waals surface area contributed by atoms with Crippen LogP contribution in [0.15, 0.2) is 27.8 Å². The molecule has 4 N–H and O–H groups in total. The van der Waals surface area contributed by atoms with Gasteiger partial charge in [0, 0.05) is 38.8 Å². The molecule has 0 atom stereocenters. The van der Waals surface area contributed by atoms with Gasteiger partial charge in [-0.05, 0) is 25.0 Å². The summed E-state index contributed by atoms with van der Waals surface area (Å²) in [6.45, 7) is 0.503. The van der Waals surface area contributed by atoms with Crippen LogP contribution in [0.2, 0.25) is 0 Å². The Hall–Kier alpha value is -3.07. The third-order valence-corrected chi connectivity index (χ3v) is 4.35. The number of unbranched alkanes of at least 4 members (excludes halogenated alkanes) is 2. The van der Waals surface area contributed by atoms with Crippen LogP contribution >= 0.6 is 0 Å². The summed E-state index contributed by atoms with van der Waals surface area (Å²) >= 11 is 0. The summed E-state index contributed by atoms with van der Waals surface area (Å²) in [5.74, 6) is 0.229. The molecule has 2 aromatic carbocycles. The quantitative estimate of drug-likeness (QED) is 0.198. The zero-order valence-corrected chi connectivity index (χ0v) is 16.3. The number of nitrogens with one attached hydrogen (secondary N) is 3. The van der Waals surface area contributed by atoms with E-state index in [-0.39, 0.29) is 17.8 Å². The lowest BCUT2D eigenvalue weighted by Gasteiger charge is -2.19. The van der Waals surface area contributed by atoms with E-state index in [1.807, 2.05) is 31.1 Å². The van der Waals surface area contributed by atoms with Gasteiger partial charge in [0.1, 0.15) is 17.1 Å². The van der Waals surface area contributed by atoms with Crippen LogP contribution in [0.4, 0.5) is 22.7 Å². The maximum atomic E-state index is 11.9. The first kappa shape index (κ1) is 21.2. The van der Waals surface area contributed by atoms with E-state index < -0.39 is 16.8 Å². The van der Waals surface area contributed by atoms with Crippen molar-refractivity contribution in [3.8, 4) is 5.75 Å². The van der Waals surface area contributed by atoms with Crippen molar-refractivity contribution in [2.75, 3.05) is 43.3 Å². The fourth-order valence-corrected chi connectivity index (χ4v) is 2.81. The Balaban J connectivity index is 1.95. The van der Waals surface area contributed by atoms with Crippen molar-refractivity contribution in [1.82, 2.24) is 5.48 Å². The molecule has 0 heterocycles. The van der Waals surface area contributed by atoms with E-state index >= 15 is 0 Å². The molecule has 9 heteroatoms. The smallest absolute Gasteiger partial charge is 0.253 e. The van der Waals surface area contributed by atoms with Crippen molar-refractivity contribution in [1.29, 1.82) is 0 Å². The van der Waals surface area contributed by atoms with Crippen LogP contribution in [0.1, 0.15) is 25.7 Å². The average molecular weight is 390 g/mol. The van der Waals surface area contributed by atoms with E-state index in [1.165, 1.54) is 0 Å². The van der Waals surface area contributed by atoms with Crippen LogP contribution in [0, 0.1) is 0 Å². The fourth-order valence-electron chi connectivity index (χ4n) is 2.81. The lowest BCUT2D eigenvalue weighted by Crippen LogP contribution is -2.36. The molecule has 2 rings (SSSR count). The molecule has 0 bridgehead atoms. The normalized spacial score (nSPS) is 10.6. The number of hydroxylamine groups is 1. The van der Waals surface area contributed by atoms with Gasteiger partial charge >= 0.3 is 0 Å². The Morgan fingerprint density at radius 2 is 1.82 bits per heavy atom. The topological polar surface area (TPSA) is 120 Å². The van der Waals surface area contributed by atoms with Crippen LogP contribution in [-0.4, -0.2) is 38.9 Å². The molecule has 0 aliphatic heterocycles. The molecule has 0 fully saturated rings. The second-order valence-corrected chi connectivity index (χ2v) is 6.59. The summed E-state index contributed by atoms with van der Waals surface area (Å²) in [5, 5.41) is 14.4. The number of ether oxygens (including phenoxy) is 1. The van der Waals surface area contributed by atoms with Crippen molar-refractivity contribution >= 4 is 28.7 Å².